The molecule has 2 heterocycles. The van der Waals surface area contributed by atoms with Crippen LogP contribution in [-0.2, 0) is 11.3 Å². The third-order valence-electron chi connectivity index (χ3n) is 5.08. The first kappa shape index (κ1) is 21.5. The summed E-state index contributed by atoms with van der Waals surface area (Å²) in [7, 11) is 1.66. The van der Waals surface area contributed by atoms with Gasteiger partial charge in [0.25, 0.3) is 0 Å². The number of nitrogens with one attached hydrogen (secondary N) is 1. The molecule has 1 saturated heterocycles. The zero-order chi connectivity index (χ0) is 21.5. The summed E-state index contributed by atoms with van der Waals surface area (Å²) in [6.45, 7) is 3.88. The number of anilines is 2. The lowest BCUT2D eigenvalue weighted by Gasteiger charge is -2.36. The molecule has 9 heteroatoms. The number of piperazine rings is 1. The average Bonchev–Trinajstić information content (AvgIpc) is 3.30. The molecule has 0 spiro atoms. The molecule has 1 amide bonds. The van der Waals surface area contributed by atoms with Gasteiger partial charge < -0.3 is 19.9 Å². The van der Waals surface area contributed by atoms with Crippen LogP contribution in [0.5, 0.6) is 5.75 Å². The van der Waals surface area contributed by atoms with Gasteiger partial charge >= 0.3 is 0 Å². The van der Waals surface area contributed by atoms with Crippen LogP contribution < -0.4 is 15.0 Å². The second-order valence-electron chi connectivity index (χ2n) is 7.07. The van der Waals surface area contributed by atoms with Gasteiger partial charge in [-0.2, -0.15) is 0 Å². The molecule has 0 bridgehead atoms. The van der Waals surface area contributed by atoms with Crippen LogP contribution >= 0.6 is 23.1 Å². The van der Waals surface area contributed by atoms with Crippen LogP contribution in [0.25, 0.3) is 0 Å². The van der Waals surface area contributed by atoms with Gasteiger partial charge in [0.1, 0.15) is 5.75 Å². The van der Waals surface area contributed by atoms with E-state index in [0.29, 0.717) is 12.3 Å². The highest BCUT2D eigenvalue weighted by Crippen LogP contribution is 2.26. The van der Waals surface area contributed by atoms with Gasteiger partial charge in [0.15, 0.2) is 4.34 Å². The number of methoxy groups -OCH3 is 1. The number of benzene rings is 2. The van der Waals surface area contributed by atoms with Crippen molar-refractivity contribution >= 4 is 39.8 Å². The van der Waals surface area contributed by atoms with E-state index in [9.17, 15) is 4.79 Å². The Morgan fingerprint density at radius 3 is 2.52 bits per heavy atom. The van der Waals surface area contributed by atoms with E-state index in [-0.39, 0.29) is 5.91 Å². The number of ether oxygens (including phenoxy) is 1. The number of rotatable bonds is 8. The maximum atomic E-state index is 12.6. The van der Waals surface area contributed by atoms with Crippen LogP contribution in [0.1, 0.15) is 5.56 Å². The van der Waals surface area contributed by atoms with Crippen LogP contribution in [0.3, 0.4) is 0 Å². The van der Waals surface area contributed by atoms with Crippen molar-refractivity contribution in [2.45, 2.75) is 10.9 Å². The number of amides is 1. The minimum absolute atomic E-state index is 0.153. The molecule has 1 fully saturated rings. The van der Waals surface area contributed by atoms with Crippen LogP contribution in [0.2, 0.25) is 0 Å². The largest absolute Gasteiger partial charge is 0.497 e. The smallest absolute Gasteiger partial charge is 0.233 e. The zero-order valence-corrected chi connectivity index (χ0v) is 19.0. The Hall–Kier alpha value is -2.78. The van der Waals surface area contributed by atoms with Crippen molar-refractivity contribution in [3.05, 3.63) is 60.2 Å². The summed E-state index contributed by atoms with van der Waals surface area (Å²) in [5.74, 6) is 1.38. The van der Waals surface area contributed by atoms with Crippen LogP contribution in [0, 0.1) is 0 Å². The molecule has 0 aliphatic carbocycles. The molecule has 2 aromatic carbocycles. The molecule has 0 saturated carbocycles. The van der Waals surface area contributed by atoms with E-state index in [1.165, 1.54) is 28.8 Å². The predicted octanol–water partition coefficient (Wildman–Crippen LogP) is 3.60. The lowest BCUT2D eigenvalue weighted by Crippen LogP contribution is -2.49. The zero-order valence-electron chi connectivity index (χ0n) is 17.4. The molecule has 4 rings (SSSR count). The number of hydrogen-bond acceptors (Lipinski definition) is 8. The molecular weight excluding hydrogens is 430 g/mol. The van der Waals surface area contributed by atoms with Crippen molar-refractivity contribution in [3.8, 4) is 5.75 Å². The average molecular weight is 456 g/mol. The minimum Gasteiger partial charge on any atom is -0.497 e. The van der Waals surface area contributed by atoms with Crippen molar-refractivity contribution in [1.82, 2.24) is 15.1 Å². The number of para-hydroxylation sites is 1. The number of nitrogens with zero attached hydrogens (tertiary/aromatic N) is 4. The van der Waals surface area contributed by atoms with Crippen molar-refractivity contribution in [3.63, 3.8) is 0 Å². The maximum absolute atomic E-state index is 12.6. The fraction of sp³-hybridized carbons (Fsp3) is 0.318. The minimum atomic E-state index is 0.153. The van der Waals surface area contributed by atoms with Gasteiger partial charge in [-0.25, -0.2) is 0 Å². The molecule has 0 unspecified atom stereocenters. The molecule has 7 nitrogen and oxygen atoms in total. The summed E-state index contributed by atoms with van der Waals surface area (Å²) < 4.78 is 5.97. The van der Waals surface area contributed by atoms with E-state index < -0.39 is 0 Å². The van der Waals surface area contributed by atoms with Gasteiger partial charge in [0.2, 0.25) is 11.0 Å². The third kappa shape index (κ3) is 5.89. The number of carbonyl (C=O) groups excluding carboxylic acids is 1. The summed E-state index contributed by atoms with van der Waals surface area (Å²) in [5.41, 5.74) is 2.35. The first-order valence-electron chi connectivity index (χ1n) is 10.1. The second-order valence-corrected chi connectivity index (χ2v) is 9.27. The van der Waals surface area contributed by atoms with E-state index in [4.69, 9.17) is 4.74 Å². The summed E-state index contributed by atoms with van der Waals surface area (Å²) in [5, 5.41) is 12.4. The number of thioether (sulfide) groups is 1. The van der Waals surface area contributed by atoms with E-state index in [1.807, 2.05) is 47.4 Å². The molecule has 1 N–H and O–H groups in total. The first-order chi connectivity index (χ1) is 15.2. The van der Waals surface area contributed by atoms with Gasteiger partial charge in [-0.1, -0.05) is 53.4 Å². The molecular formula is C22H25N5O2S2. The standard InChI is InChI=1S/C22H25N5O2S2/c1-29-19-9-7-17(8-10-19)15-23-21-24-25-22(31-21)30-16-20(28)27-13-11-26(12-14-27)18-5-3-2-4-6-18/h2-10H,11-16H2,1H3,(H,23,24). The number of hydrogen-bond donors (Lipinski definition) is 1. The van der Waals surface area contributed by atoms with Crippen LogP contribution in [0.15, 0.2) is 58.9 Å². The fourth-order valence-electron chi connectivity index (χ4n) is 3.33. The van der Waals surface area contributed by atoms with Gasteiger partial charge in [-0.05, 0) is 29.8 Å². The maximum Gasteiger partial charge on any atom is 0.233 e. The molecule has 0 radical (unpaired) electrons. The quantitative estimate of drug-likeness (QED) is 0.521. The Kier molecular flexibility index (Phi) is 7.26. The van der Waals surface area contributed by atoms with Gasteiger partial charge in [0.05, 0.1) is 12.9 Å². The summed E-state index contributed by atoms with van der Waals surface area (Å²) >= 11 is 2.92. The number of aromatic nitrogens is 2. The normalized spacial score (nSPS) is 13.8. The topological polar surface area (TPSA) is 70.6 Å². The van der Waals surface area contributed by atoms with Crippen molar-refractivity contribution in [2.75, 3.05) is 49.3 Å². The van der Waals surface area contributed by atoms with Crippen LogP contribution in [0.4, 0.5) is 10.8 Å². The van der Waals surface area contributed by atoms with Gasteiger partial charge in [-0.15, -0.1) is 10.2 Å². The molecule has 1 aliphatic rings. The Morgan fingerprint density at radius 1 is 1.06 bits per heavy atom. The second kappa shape index (κ2) is 10.5. The Bertz CT molecular complexity index is 973. The SMILES string of the molecule is COc1ccc(CNc2nnc(SCC(=O)N3CCN(c4ccccc4)CC3)s2)cc1. The van der Waals surface area contributed by atoms with E-state index >= 15 is 0 Å². The highest BCUT2D eigenvalue weighted by Gasteiger charge is 2.21. The van der Waals surface area contributed by atoms with E-state index in [0.717, 1.165) is 47.0 Å². The van der Waals surface area contributed by atoms with Crippen molar-refractivity contribution in [1.29, 1.82) is 0 Å². The lowest BCUT2D eigenvalue weighted by atomic mass is 10.2. The van der Waals surface area contributed by atoms with Crippen molar-refractivity contribution < 1.29 is 9.53 Å². The number of carbonyl (C=O) groups is 1. The highest BCUT2D eigenvalue weighted by atomic mass is 32.2. The Labute approximate surface area is 190 Å². The summed E-state index contributed by atoms with van der Waals surface area (Å²) in [6.07, 6.45) is 0. The monoisotopic (exact) mass is 455 g/mol. The summed E-state index contributed by atoms with van der Waals surface area (Å²) in [6, 6.07) is 18.2. The Morgan fingerprint density at radius 2 is 1.81 bits per heavy atom. The van der Waals surface area contributed by atoms with E-state index in [1.54, 1.807) is 7.11 Å². The predicted molar refractivity (Wildman–Crippen MR) is 126 cm³/mol. The van der Waals surface area contributed by atoms with Gasteiger partial charge in [-0.3, -0.25) is 4.79 Å². The molecule has 0 atom stereocenters. The first-order valence-corrected chi connectivity index (χ1v) is 11.9. The molecule has 162 valence electrons. The lowest BCUT2D eigenvalue weighted by molar-refractivity contribution is -0.128. The van der Waals surface area contributed by atoms with Crippen molar-refractivity contribution in [2.24, 2.45) is 0 Å². The molecule has 1 aliphatic heterocycles. The Balaban J connectivity index is 1.20. The van der Waals surface area contributed by atoms with E-state index in [2.05, 4.69) is 32.5 Å². The van der Waals surface area contributed by atoms with Crippen LogP contribution in [-0.4, -0.2) is 60.0 Å². The third-order valence-corrected chi connectivity index (χ3v) is 7.08. The molecule has 3 aromatic rings. The highest BCUT2D eigenvalue weighted by molar-refractivity contribution is 8.01. The summed E-state index contributed by atoms with van der Waals surface area (Å²) in [4.78, 5) is 16.9. The molecule has 31 heavy (non-hydrogen) atoms. The van der Waals surface area contributed by atoms with Gasteiger partial charge in [0, 0.05) is 38.4 Å². The fourth-order valence-corrected chi connectivity index (χ4v) is 4.98. The molecule has 1 aromatic heterocycles.